The molecule has 0 amide bonds. The summed E-state index contributed by atoms with van der Waals surface area (Å²) in [4.78, 5) is 12.4. The molecular formula is C20H30N4O. The predicted molar refractivity (Wildman–Crippen MR) is 101 cm³/mol. The first-order valence-corrected chi connectivity index (χ1v) is 10.1. The Morgan fingerprint density at radius 1 is 1.12 bits per heavy atom. The molecule has 3 fully saturated rings. The summed E-state index contributed by atoms with van der Waals surface area (Å²) in [6, 6.07) is 3.29. The molecule has 2 saturated heterocycles. The maximum Gasteiger partial charge on any atom is 0.171 e. The Labute approximate surface area is 150 Å². The van der Waals surface area contributed by atoms with E-state index >= 15 is 0 Å². The fourth-order valence-corrected chi connectivity index (χ4v) is 5.32. The van der Waals surface area contributed by atoms with Crippen molar-refractivity contribution in [3.8, 4) is 5.75 Å². The van der Waals surface area contributed by atoms with Crippen LogP contribution in [0.2, 0.25) is 0 Å². The first kappa shape index (κ1) is 15.7. The number of pyridine rings is 1. The van der Waals surface area contributed by atoms with Crippen molar-refractivity contribution < 1.29 is 4.74 Å². The topological polar surface area (TPSA) is 31.8 Å². The summed E-state index contributed by atoms with van der Waals surface area (Å²) in [6.07, 6.45) is 6.34. The van der Waals surface area contributed by atoms with Gasteiger partial charge in [-0.15, -0.1) is 0 Å². The smallest absolute Gasteiger partial charge is 0.171 e. The molecule has 4 heterocycles. The second-order valence-corrected chi connectivity index (χ2v) is 8.62. The molecule has 3 atom stereocenters. The summed E-state index contributed by atoms with van der Waals surface area (Å²) in [5.41, 5.74) is 1.26. The third kappa shape index (κ3) is 2.67. The number of anilines is 2. The highest BCUT2D eigenvalue weighted by atomic mass is 16.5. The minimum Gasteiger partial charge on any atom is -0.487 e. The predicted octanol–water partition coefficient (Wildman–Crippen LogP) is 2.61. The number of fused-ring (bicyclic) bond motifs is 4. The molecule has 1 saturated carbocycles. The second kappa shape index (κ2) is 6.04. The van der Waals surface area contributed by atoms with Gasteiger partial charge in [0.05, 0.1) is 17.9 Å². The number of aromatic nitrogens is 1. The van der Waals surface area contributed by atoms with E-state index in [0.717, 1.165) is 49.6 Å². The van der Waals surface area contributed by atoms with Gasteiger partial charge in [-0.3, -0.25) is 4.90 Å². The monoisotopic (exact) mass is 342 g/mol. The Morgan fingerprint density at radius 2 is 1.92 bits per heavy atom. The highest BCUT2D eigenvalue weighted by molar-refractivity contribution is 5.62. The van der Waals surface area contributed by atoms with Gasteiger partial charge in [0.2, 0.25) is 0 Å². The van der Waals surface area contributed by atoms with E-state index in [2.05, 4.69) is 40.8 Å². The van der Waals surface area contributed by atoms with Gasteiger partial charge < -0.3 is 14.5 Å². The molecule has 5 rings (SSSR count). The molecule has 5 heteroatoms. The molecule has 3 aliphatic heterocycles. The molecule has 1 aromatic rings. The standard InChI is InChI=1S/C20H30N4O/c1-14(2)22-6-7-24-18(12-22)13-25-19-8-17(9-21-20(19)24)23-10-15-4-3-5-16(15)11-23/h8-9,14-16,18H,3-7,10-13H2,1-2H3. The van der Waals surface area contributed by atoms with Crippen LogP contribution in [-0.4, -0.2) is 61.3 Å². The van der Waals surface area contributed by atoms with Crippen LogP contribution < -0.4 is 14.5 Å². The third-order valence-electron chi connectivity index (χ3n) is 6.86. The summed E-state index contributed by atoms with van der Waals surface area (Å²) >= 11 is 0. The van der Waals surface area contributed by atoms with Crippen LogP contribution in [0.3, 0.4) is 0 Å². The van der Waals surface area contributed by atoms with Gasteiger partial charge in [-0.2, -0.15) is 0 Å². The van der Waals surface area contributed by atoms with Gasteiger partial charge >= 0.3 is 0 Å². The molecule has 1 aromatic heterocycles. The van der Waals surface area contributed by atoms with E-state index in [9.17, 15) is 0 Å². The Balaban J connectivity index is 1.34. The molecule has 25 heavy (non-hydrogen) atoms. The Kier molecular flexibility index (Phi) is 3.81. The molecular weight excluding hydrogens is 312 g/mol. The molecule has 136 valence electrons. The van der Waals surface area contributed by atoms with Crippen LogP contribution in [-0.2, 0) is 0 Å². The van der Waals surface area contributed by atoms with Crippen molar-refractivity contribution in [1.82, 2.24) is 9.88 Å². The molecule has 3 unspecified atom stereocenters. The van der Waals surface area contributed by atoms with Crippen LogP contribution in [0.25, 0.3) is 0 Å². The van der Waals surface area contributed by atoms with E-state index < -0.39 is 0 Å². The molecule has 4 aliphatic rings. The van der Waals surface area contributed by atoms with Crippen molar-refractivity contribution in [2.24, 2.45) is 11.8 Å². The molecule has 5 nitrogen and oxygen atoms in total. The van der Waals surface area contributed by atoms with Gasteiger partial charge in [0.15, 0.2) is 11.6 Å². The fraction of sp³-hybridized carbons (Fsp3) is 0.750. The summed E-state index contributed by atoms with van der Waals surface area (Å²) in [5.74, 6) is 3.86. The minimum absolute atomic E-state index is 0.438. The van der Waals surface area contributed by atoms with Crippen LogP contribution in [0.4, 0.5) is 11.5 Å². The van der Waals surface area contributed by atoms with Crippen LogP contribution in [0.15, 0.2) is 12.3 Å². The first-order chi connectivity index (χ1) is 12.2. The van der Waals surface area contributed by atoms with Gasteiger partial charge in [0.1, 0.15) is 6.61 Å². The number of hydrogen-bond acceptors (Lipinski definition) is 5. The molecule has 0 N–H and O–H groups in total. The quantitative estimate of drug-likeness (QED) is 0.825. The third-order valence-corrected chi connectivity index (χ3v) is 6.86. The largest absolute Gasteiger partial charge is 0.487 e. The van der Waals surface area contributed by atoms with Crippen molar-refractivity contribution in [2.75, 3.05) is 49.1 Å². The number of piperazine rings is 1. The molecule has 0 aromatic carbocycles. The van der Waals surface area contributed by atoms with Crippen LogP contribution in [0, 0.1) is 11.8 Å². The lowest BCUT2D eigenvalue weighted by Crippen LogP contribution is -2.58. The van der Waals surface area contributed by atoms with Crippen LogP contribution in [0.5, 0.6) is 5.75 Å². The fourth-order valence-electron chi connectivity index (χ4n) is 5.32. The zero-order valence-electron chi connectivity index (χ0n) is 15.5. The molecule has 0 bridgehead atoms. The van der Waals surface area contributed by atoms with E-state index in [4.69, 9.17) is 9.72 Å². The zero-order valence-corrected chi connectivity index (χ0v) is 15.5. The number of nitrogens with zero attached hydrogens (tertiary/aromatic N) is 4. The average molecular weight is 342 g/mol. The number of rotatable bonds is 2. The maximum atomic E-state index is 6.16. The van der Waals surface area contributed by atoms with Crippen molar-refractivity contribution in [1.29, 1.82) is 0 Å². The van der Waals surface area contributed by atoms with Crippen LogP contribution in [0.1, 0.15) is 33.1 Å². The van der Waals surface area contributed by atoms with Crippen molar-refractivity contribution in [3.63, 3.8) is 0 Å². The molecule has 0 spiro atoms. The maximum absolute atomic E-state index is 6.16. The SMILES string of the molecule is CC(C)N1CCN2c3ncc(N4CC5CCCC5C4)cc3OCC2C1. The minimum atomic E-state index is 0.438. The Morgan fingerprint density at radius 3 is 2.68 bits per heavy atom. The lowest BCUT2D eigenvalue weighted by molar-refractivity contribution is 0.140. The lowest BCUT2D eigenvalue weighted by atomic mass is 10.0. The summed E-state index contributed by atoms with van der Waals surface area (Å²) in [6.45, 7) is 11.0. The highest BCUT2D eigenvalue weighted by Crippen LogP contribution is 2.42. The lowest BCUT2D eigenvalue weighted by Gasteiger charge is -2.46. The zero-order chi connectivity index (χ0) is 17.0. The van der Waals surface area contributed by atoms with Gasteiger partial charge in [0.25, 0.3) is 0 Å². The Bertz CT molecular complexity index is 637. The first-order valence-electron chi connectivity index (χ1n) is 10.1. The van der Waals surface area contributed by atoms with E-state index in [1.54, 1.807) is 0 Å². The number of hydrogen-bond donors (Lipinski definition) is 0. The molecule has 1 aliphatic carbocycles. The number of ether oxygens (including phenoxy) is 1. The van der Waals surface area contributed by atoms with Crippen LogP contribution >= 0.6 is 0 Å². The summed E-state index contributed by atoms with van der Waals surface area (Å²) in [7, 11) is 0. The van der Waals surface area contributed by atoms with E-state index in [1.165, 1.54) is 38.0 Å². The van der Waals surface area contributed by atoms with E-state index in [0.29, 0.717) is 12.1 Å². The van der Waals surface area contributed by atoms with Gasteiger partial charge in [0, 0.05) is 44.8 Å². The average Bonchev–Trinajstić information content (AvgIpc) is 3.22. The second-order valence-electron chi connectivity index (χ2n) is 8.62. The highest BCUT2D eigenvalue weighted by Gasteiger charge is 2.38. The van der Waals surface area contributed by atoms with Gasteiger partial charge in [-0.1, -0.05) is 6.42 Å². The summed E-state index contributed by atoms with van der Waals surface area (Å²) in [5, 5.41) is 0. The summed E-state index contributed by atoms with van der Waals surface area (Å²) < 4.78 is 6.16. The normalized spacial score (nSPS) is 31.7. The van der Waals surface area contributed by atoms with E-state index in [-0.39, 0.29) is 0 Å². The molecule has 0 radical (unpaired) electrons. The van der Waals surface area contributed by atoms with E-state index in [1.807, 2.05) is 0 Å². The van der Waals surface area contributed by atoms with Crippen molar-refractivity contribution >= 4 is 11.5 Å². The van der Waals surface area contributed by atoms with Crippen molar-refractivity contribution in [3.05, 3.63) is 12.3 Å². The van der Waals surface area contributed by atoms with Crippen molar-refractivity contribution in [2.45, 2.75) is 45.2 Å². The Hall–Kier alpha value is -1.49. The van der Waals surface area contributed by atoms with Gasteiger partial charge in [-0.25, -0.2) is 4.98 Å². The van der Waals surface area contributed by atoms with Gasteiger partial charge in [-0.05, 0) is 38.5 Å².